The number of fused-ring (bicyclic) bond motifs is 1. The minimum Gasteiger partial charge on any atom is -0.493 e. The third-order valence-corrected chi connectivity index (χ3v) is 3.87. The molecule has 0 radical (unpaired) electrons. The highest BCUT2D eigenvalue weighted by Gasteiger charge is 2.14. The van der Waals surface area contributed by atoms with Gasteiger partial charge in [0.05, 0.1) is 13.5 Å². The third-order valence-electron chi connectivity index (χ3n) is 3.87. The lowest BCUT2D eigenvalue weighted by Crippen LogP contribution is -2.22. The van der Waals surface area contributed by atoms with Crippen LogP contribution in [0.2, 0.25) is 0 Å². The van der Waals surface area contributed by atoms with Crippen molar-refractivity contribution in [3.63, 3.8) is 0 Å². The Morgan fingerprint density at radius 3 is 2.52 bits per heavy atom. The normalized spacial score (nSPS) is 15.5. The second-order valence-corrected chi connectivity index (χ2v) is 5.63. The molecule has 3 aromatic carbocycles. The Kier molecular flexibility index (Phi) is 3.32. The highest BCUT2D eigenvalue weighted by Crippen LogP contribution is 2.27. The van der Waals surface area contributed by atoms with Crippen molar-refractivity contribution < 1.29 is 11.6 Å². The summed E-state index contributed by atoms with van der Waals surface area (Å²) in [7, 11) is 3.67. The van der Waals surface area contributed by atoms with Gasteiger partial charge in [-0.2, -0.15) is 0 Å². The lowest BCUT2D eigenvalue weighted by molar-refractivity contribution is 0.225. The maximum absolute atomic E-state index is 8.23. The first kappa shape index (κ1) is 10.5. The van der Waals surface area contributed by atoms with E-state index in [4.69, 9.17) is 11.6 Å². The fourth-order valence-corrected chi connectivity index (χ4v) is 2.69. The fraction of sp³-hybridized carbons (Fsp3) is 0.238. The van der Waals surface area contributed by atoms with Crippen LogP contribution in [-0.4, -0.2) is 25.6 Å². The number of hydrogen-bond acceptors (Lipinski definition) is 2. The molecule has 0 amide bonds. The van der Waals surface area contributed by atoms with Crippen LogP contribution < -0.4 is 4.74 Å². The highest BCUT2D eigenvalue weighted by atomic mass is 16.5. The number of hydrogen-bond donors (Lipinski definition) is 0. The molecule has 0 aliphatic rings. The number of ether oxygens (including phenoxy) is 1. The molecular formula is C21H23NO. The van der Waals surface area contributed by atoms with Gasteiger partial charge in [0, 0.05) is 17.8 Å². The van der Waals surface area contributed by atoms with Gasteiger partial charge in [-0.15, -0.1) is 0 Å². The summed E-state index contributed by atoms with van der Waals surface area (Å²) in [4.78, 5) is 1.86. The van der Waals surface area contributed by atoms with E-state index in [1.807, 2.05) is 61.5 Å². The zero-order valence-corrected chi connectivity index (χ0v) is 13.4. The minimum absolute atomic E-state index is 0.158. The lowest BCUT2D eigenvalue weighted by atomic mass is 10.0. The molecule has 0 fully saturated rings. The molecule has 0 saturated heterocycles. The highest BCUT2D eigenvalue weighted by molar-refractivity contribution is 5.88. The zero-order valence-electron chi connectivity index (χ0n) is 18.4. The second kappa shape index (κ2) is 7.30. The third kappa shape index (κ3) is 3.72. The fourth-order valence-electron chi connectivity index (χ4n) is 2.69. The van der Waals surface area contributed by atoms with E-state index in [2.05, 4.69) is 0 Å². The van der Waals surface area contributed by atoms with Crippen LogP contribution in [-0.2, 0) is 0 Å². The Bertz CT molecular complexity index is 971. The van der Waals surface area contributed by atoms with E-state index in [1.54, 1.807) is 0 Å². The van der Waals surface area contributed by atoms with Crippen molar-refractivity contribution in [3.8, 4) is 5.75 Å². The van der Waals surface area contributed by atoms with Gasteiger partial charge in [0.2, 0.25) is 0 Å². The molecule has 3 aromatic rings. The molecule has 3 rings (SSSR count). The molecular weight excluding hydrogens is 282 g/mol. The Balaban J connectivity index is 1.85. The summed E-state index contributed by atoms with van der Waals surface area (Å²) in [6.07, 6.45) is 0.490. The van der Waals surface area contributed by atoms with Crippen LogP contribution in [0.5, 0.6) is 5.75 Å². The summed E-state index contributed by atoms with van der Waals surface area (Å²) < 4.78 is 46.1. The van der Waals surface area contributed by atoms with Crippen molar-refractivity contribution in [2.24, 2.45) is 0 Å². The number of rotatable bonds is 6. The molecule has 1 atom stereocenters. The van der Waals surface area contributed by atoms with Crippen LogP contribution in [0, 0.1) is 0 Å². The molecule has 0 spiro atoms. The topological polar surface area (TPSA) is 12.5 Å². The molecule has 118 valence electrons. The molecule has 0 heterocycles. The Morgan fingerprint density at radius 2 is 1.74 bits per heavy atom. The van der Waals surface area contributed by atoms with E-state index in [0.717, 1.165) is 16.5 Å². The summed E-state index contributed by atoms with van der Waals surface area (Å²) in [5, 5.41) is 2.11. The summed E-state index contributed by atoms with van der Waals surface area (Å²) in [6.45, 7) is 0.360. The van der Waals surface area contributed by atoms with Gasteiger partial charge < -0.3 is 9.64 Å². The number of benzene rings is 3. The molecule has 0 N–H and O–H groups in total. The van der Waals surface area contributed by atoms with Gasteiger partial charge in [-0.05, 0) is 31.1 Å². The molecule has 2 nitrogen and oxygen atoms in total. The smallest absolute Gasteiger partial charge is 0.127 e. The number of nitrogens with zero attached hydrogens (tertiary/aromatic N) is 1. The molecule has 0 saturated carbocycles. The standard InChI is InChI=1S/C21H23NO/c1-22(2)20(18-10-4-3-5-11-18)15-16-23-21-14-8-12-17-9-6-7-13-19(17)21/h3-14,20H,15-16H2,1-2H3/t20-/m0/s1/i3D,4D,5D,10D,11D. The second-order valence-electron chi connectivity index (χ2n) is 5.63. The van der Waals surface area contributed by atoms with E-state index < -0.39 is 0 Å². The minimum atomic E-state index is -0.372. The Morgan fingerprint density at radius 1 is 1.00 bits per heavy atom. The average Bonchev–Trinajstić information content (AvgIpc) is 2.69. The van der Waals surface area contributed by atoms with Gasteiger partial charge in [0.15, 0.2) is 0 Å². The first-order chi connectivity index (χ1) is 13.3. The van der Waals surface area contributed by atoms with Crippen molar-refractivity contribution in [2.75, 3.05) is 20.7 Å². The predicted molar refractivity (Wildman–Crippen MR) is 96.9 cm³/mol. The van der Waals surface area contributed by atoms with Gasteiger partial charge in [-0.3, -0.25) is 0 Å². The maximum Gasteiger partial charge on any atom is 0.127 e. The SMILES string of the molecule is [2H]c1c([2H])c([2H])c([C@H](CCOc2cccc3ccccc23)N(C)C)c([2H])c1[2H]. The van der Waals surface area contributed by atoms with Gasteiger partial charge in [0.25, 0.3) is 0 Å². The first-order valence-corrected chi connectivity index (χ1v) is 7.66. The van der Waals surface area contributed by atoms with Crippen molar-refractivity contribution in [3.05, 3.63) is 78.2 Å². The molecule has 0 aliphatic carbocycles. The van der Waals surface area contributed by atoms with E-state index in [0.29, 0.717) is 18.6 Å². The quantitative estimate of drug-likeness (QED) is 0.641. The van der Waals surface area contributed by atoms with Crippen LogP contribution in [0.1, 0.15) is 24.9 Å². The monoisotopic (exact) mass is 310 g/mol. The first-order valence-electron chi connectivity index (χ1n) is 10.2. The maximum atomic E-state index is 8.23. The van der Waals surface area contributed by atoms with Gasteiger partial charge in [-0.25, -0.2) is 0 Å². The van der Waals surface area contributed by atoms with Crippen molar-refractivity contribution in [1.82, 2.24) is 4.90 Å². The summed E-state index contributed by atoms with van der Waals surface area (Å²) >= 11 is 0. The lowest BCUT2D eigenvalue weighted by Gasteiger charge is -2.25. The van der Waals surface area contributed by atoms with Crippen molar-refractivity contribution in [2.45, 2.75) is 12.5 Å². The van der Waals surface area contributed by atoms with Crippen LogP contribution >= 0.6 is 0 Å². The molecule has 0 unspecified atom stereocenters. The summed E-state index contributed by atoms with van der Waals surface area (Å²) in [5.41, 5.74) is 0.303. The average molecular weight is 310 g/mol. The Hall–Kier alpha value is -2.32. The zero-order chi connectivity index (χ0) is 20.4. The van der Waals surface area contributed by atoms with Crippen LogP contribution in [0.25, 0.3) is 10.8 Å². The molecule has 0 aliphatic heterocycles. The van der Waals surface area contributed by atoms with Crippen molar-refractivity contribution >= 4 is 10.8 Å². The largest absolute Gasteiger partial charge is 0.493 e. The van der Waals surface area contributed by atoms with Crippen LogP contribution in [0.4, 0.5) is 0 Å². The molecule has 0 bridgehead atoms. The van der Waals surface area contributed by atoms with Crippen LogP contribution in [0.3, 0.4) is 0 Å². The van der Waals surface area contributed by atoms with E-state index in [9.17, 15) is 0 Å². The van der Waals surface area contributed by atoms with Crippen LogP contribution in [0.15, 0.2) is 72.7 Å². The predicted octanol–water partition coefficient (Wildman–Crippen LogP) is 4.91. The van der Waals surface area contributed by atoms with E-state index in [-0.39, 0.29) is 36.3 Å². The van der Waals surface area contributed by atoms with Gasteiger partial charge >= 0.3 is 0 Å². The molecule has 2 heteroatoms. The van der Waals surface area contributed by atoms with Gasteiger partial charge in [0.1, 0.15) is 5.75 Å². The Labute approximate surface area is 145 Å². The summed E-state index contributed by atoms with van der Waals surface area (Å²) in [6, 6.07) is 12.2. The summed E-state index contributed by atoms with van der Waals surface area (Å²) in [5.74, 6) is 0.775. The van der Waals surface area contributed by atoms with Crippen molar-refractivity contribution in [1.29, 1.82) is 0 Å². The molecule has 0 aromatic heterocycles. The molecule has 23 heavy (non-hydrogen) atoms. The van der Waals surface area contributed by atoms with Gasteiger partial charge in [-0.1, -0.05) is 66.6 Å². The van der Waals surface area contributed by atoms with E-state index in [1.165, 1.54) is 0 Å². The van der Waals surface area contributed by atoms with E-state index >= 15 is 0 Å².